The highest BCUT2D eigenvalue weighted by Gasteiger charge is 2.59. The maximum Gasteiger partial charge on any atom is 0.295 e. The van der Waals surface area contributed by atoms with Crippen LogP contribution < -0.4 is 11.2 Å². The molecule has 3 rings (SSSR count). The van der Waals surface area contributed by atoms with Crippen LogP contribution in [0.2, 0.25) is 0 Å². The molecule has 2 saturated heterocycles. The Morgan fingerprint density at radius 2 is 1.85 bits per heavy atom. The highest BCUT2D eigenvalue weighted by molar-refractivity contribution is 6.40. The number of nitrogens with zero attached hydrogens (tertiary/aromatic N) is 4. The van der Waals surface area contributed by atoms with E-state index in [1.54, 1.807) is 24.1 Å². The van der Waals surface area contributed by atoms with Crippen molar-refractivity contribution < 1.29 is 23.5 Å². The second-order valence-electron chi connectivity index (χ2n) is 8.68. The van der Waals surface area contributed by atoms with E-state index in [0.717, 1.165) is 29.7 Å². The number of hydrazine groups is 1. The second-order valence-corrected chi connectivity index (χ2v) is 8.68. The molecule has 2 heterocycles. The molecule has 2 fully saturated rings. The van der Waals surface area contributed by atoms with Crippen LogP contribution in [0.25, 0.3) is 0 Å². The summed E-state index contributed by atoms with van der Waals surface area (Å²) in [7, 11) is 5.84. The quantitative estimate of drug-likeness (QED) is 0.182. The largest absolute Gasteiger partial charge is 0.482 e. The van der Waals surface area contributed by atoms with Gasteiger partial charge in [-0.25, -0.2) is 14.8 Å². The molecule has 3 N–H and O–H groups in total. The molecule has 0 bridgehead atoms. The molecule has 2 unspecified atom stereocenters. The zero-order valence-electron chi connectivity index (χ0n) is 19.9. The molecule has 11 heteroatoms. The van der Waals surface area contributed by atoms with Gasteiger partial charge in [-0.05, 0) is 42.9 Å². The minimum Gasteiger partial charge on any atom is -0.482 e. The average molecular weight is 475 g/mol. The fourth-order valence-electron chi connectivity index (χ4n) is 3.89. The van der Waals surface area contributed by atoms with Gasteiger partial charge in [-0.1, -0.05) is 12.1 Å². The number of methoxy groups -OCH3 is 1. The summed E-state index contributed by atoms with van der Waals surface area (Å²) < 4.78 is 18.2. The number of nitrogens with one attached hydrogen (secondary N) is 1. The average Bonchev–Trinajstić information content (AvgIpc) is 3.50. The van der Waals surface area contributed by atoms with Crippen LogP contribution in [0.1, 0.15) is 18.4 Å². The van der Waals surface area contributed by atoms with Crippen LogP contribution >= 0.6 is 0 Å². The minimum absolute atomic E-state index is 0.00561. The van der Waals surface area contributed by atoms with Gasteiger partial charge in [0.2, 0.25) is 0 Å². The number of nitrogens with two attached hydrogens (primary N) is 1. The van der Waals surface area contributed by atoms with Crippen LogP contribution in [0.4, 0.5) is 4.39 Å². The first kappa shape index (κ1) is 25.3. The maximum atomic E-state index is 13.2. The molecule has 0 aromatic heterocycles. The third-order valence-electron chi connectivity index (χ3n) is 6.11. The molecule has 2 aliphatic heterocycles. The van der Waals surface area contributed by atoms with Crippen molar-refractivity contribution in [1.82, 2.24) is 20.2 Å². The number of carbonyl (C=O) groups is 3. The summed E-state index contributed by atoms with van der Waals surface area (Å²) in [5, 5.41) is 1.37. The molecule has 34 heavy (non-hydrogen) atoms. The number of amides is 2. The summed E-state index contributed by atoms with van der Waals surface area (Å²) in [6.07, 6.45) is 3.56. The molecular weight excluding hydrogens is 443 g/mol. The first-order valence-corrected chi connectivity index (χ1v) is 11.0. The molecule has 2 amide bonds. The van der Waals surface area contributed by atoms with Crippen LogP contribution in [0.15, 0.2) is 40.7 Å². The van der Waals surface area contributed by atoms with E-state index in [0.29, 0.717) is 19.0 Å². The fraction of sp³-hybridized carbons (Fsp3) is 0.478. The Hall–Kier alpha value is -3.31. The molecule has 184 valence electrons. The topological polar surface area (TPSA) is 130 Å². The Balaban J connectivity index is 1.68. The zero-order valence-corrected chi connectivity index (χ0v) is 19.9. The van der Waals surface area contributed by atoms with Crippen LogP contribution in [0, 0.1) is 11.7 Å². The third-order valence-corrected chi connectivity index (χ3v) is 6.11. The number of ketones is 1. The van der Waals surface area contributed by atoms with Gasteiger partial charge in [0, 0.05) is 40.4 Å². The lowest BCUT2D eigenvalue weighted by Crippen LogP contribution is -2.42. The summed E-state index contributed by atoms with van der Waals surface area (Å²) in [6.45, 7) is 1.03. The van der Waals surface area contributed by atoms with Crippen LogP contribution in [-0.2, 0) is 25.5 Å². The number of likely N-dealkylation sites (tertiary alicyclic amines) is 1. The third kappa shape index (κ3) is 5.42. The first-order chi connectivity index (χ1) is 16.1. The van der Waals surface area contributed by atoms with Crippen molar-refractivity contribution in [3.8, 4) is 0 Å². The number of hydrogen-bond acceptors (Lipinski definition) is 8. The van der Waals surface area contributed by atoms with Crippen LogP contribution in [0.5, 0.6) is 0 Å². The van der Waals surface area contributed by atoms with Gasteiger partial charge in [0.25, 0.3) is 23.4 Å². The normalized spacial score (nSPS) is 23.4. The predicted molar refractivity (Wildman–Crippen MR) is 123 cm³/mol. The van der Waals surface area contributed by atoms with Crippen molar-refractivity contribution in [1.29, 1.82) is 0 Å². The first-order valence-electron chi connectivity index (χ1n) is 11.0. The Labute approximate surface area is 198 Å². The highest BCUT2D eigenvalue weighted by atomic mass is 19.1. The summed E-state index contributed by atoms with van der Waals surface area (Å²) in [6, 6.07) is 6.47. The summed E-state index contributed by atoms with van der Waals surface area (Å²) in [5.74, 6) is -3.47. The van der Waals surface area contributed by atoms with Gasteiger partial charge in [-0.2, -0.15) is 5.01 Å². The van der Waals surface area contributed by atoms with Gasteiger partial charge < -0.3 is 20.3 Å². The molecule has 0 aliphatic carbocycles. The molecular formula is C23H31FN6O4. The summed E-state index contributed by atoms with van der Waals surface area (Å²) >= 11 is 0. The molecule has 1 aromatic carbocycles. The van der Waals surface area contributed by atoms with E-state index in [-0.39, 0.29) is 23.2 Å². The van der Waals surface area contributed by atoms with Crippen LogP contribution in [-0.4, -0.2) is 85.8 Å². The van der Waals surface area contributed by atoms with Gasteiger partial charge >= 0.3 is 0 Å². The van der Waals surface area contributed by atoms with E-state index < -0.39 is 17.5 Å². The van der Waals surface area contributed by atoms with Crippen molar-refractivity contribution in [2.24, 2.45) is 16.6 Å². The molecule has 1 aromatic rings. The van der Waals surface area contributed by atoms with Crippen molar-refractivity contribution in [3.63, 3.8) is 0 Å². The van der Waals surface area contributed by atoms with E-state index >= 15 is 0 Å². The molecule has 0 spiro atoms. The SMILES string of the molecule is COC(N)=C(C=NC1(C(=O)C(=O)N(C)C)NN1C)C(=O)N1CCC(Cc2ccc(F)cc2)CC1. The fourth-order valence-corrected chi connectivity index (χ4v) is 3.89. The number of aliphatic imine (C=N–C) groups is 1. The van der Waals surface area contributed by atoms with Crippen molar-refractivity contribution in [3.05, 3.63) is 47.1 Å². The Morgan fingerprint density at radius 1 is 1.26 bits per heavy atom. The number of piperidine rings is 1. The molecule has 2 atom stereocenters. The molecule has 2 aliphatic rings. The number of ether oxygens (including phenoxy) is 1. The number of likely N-dealkylation sites (N-methyl/N-ethyl adjacent to an activating group) is 2. The van der Waals surface area contributed by atoms with E-state index in [1.807, 2.05) is 0 Å². The van der Waals surface area contributed by atoms with Crippen molar-refractivity contribution in [2.75, 3.05) is 41.3 Å². The maximum absolute atomic E-state index is 13.2. The number of carbonyl (C=O) groups excluding carboxylic acids is 3. The van der Waals surface area contributed by atoms with Gasteiger partial charge in [-0.15, -0.1) is 0 Å². The van der Waals surface area contributed by atoms with Gasteiger partial charge in [0.1, 0.15) is 11.4 Å². The number of rotatable bonds is 8. The Kier molecular flexibility index (Phi) is 7.68. The van der Waals surface area contributed by atoms with E-state index in [2.05, 4.69) is 10.4 Å². The number of Topliss-reactive ketones (excluding diaryl/α,β-unsaturated/α-hetero) is 1. The van der Waals surface area contributed by atoms with E-state index in [9.17, 15) is 18.8 Å². The van der Waals surface area contributed by atoms with Crippen molar-refractivity contribution in [2.45, 2.75) is 25.0 Å². The van der Waals surface area contributed by atoms with Crippen LogP contribution in [0.3, 0.4) is 0 Å². The Morgan fingerprint density at radius 3 is 2.35 bits per heavy atom. The standard InChI is InChI=1S/C23H31FN6O4/c1-28(2)22(33)19(31)23(27-29(23)3)26-14-18(20(25)34-4)21(32)30-11-9-16(10-12-30)13-15-5-7-17(24)8-6-15/h5-8,14,16,27H,9-13,25H2,1-4H3. The van der Waals surface area contributed by atoms with E-state index in [1.165, 1.54) is 44.6 Å². The zero-order chi connectivity index (χ0) is 25.0. The van der Waals surface area contributed by atoms with E-state index in [4.69, 9.17) is 10.5 Å². The number of benzene rings is 1. The van der Waals surface area contributed by atoms with Gasteiger partial charge in [-0.3, -0.25) is 14.4 Å². The summed E-state index contributed by atoms with van der Waals surface area (Å²) in [5.41, 5.74) is 9.73. The molecule has 0 radical (unpaired) electrons. The van der Waals surface area contributed by atoms with Crippen molar-refractivity contribution >= 4 is 23.8 Å². The predicted octanol–water partition coefficient (Wildman–Crippen LogP) is 0.255. The summed E-state index contributed by atoms with van der Waals surface area (Å²) in [4.78, 5) is 45.0. The number of hydrogen-bond donors (Lipinski definition) is 2. The van der Waals surface area contributed by atoms with Gasteiger partial charge in [0.15, 0.2) is 5.88 Å². The second kappa shape index (κ2) is 10.3. The number of halogens is 1. The highest BCUT2D eigenvalue weighted by Crippen LogP contribution is 2.27. The smallest absolute Gasteiger partial charge is 0.295 e. The lowest BCUT2D eigenvalue weighted by Gasteiger charge is -2.32. The molecule has 0 saturated carbocycles. The Bertz CT molecular complexity index is 1000. The monoisotopic (exact) mass is 474 g/mol. The van der Waals surface area contributed by atoms with Gasteiger partial charge in [0.05, 0.1) is 7.11 Å². The lowest BCUT2D eigenvalue weighted by atomic mass is 9.90. The minimum atomic E-state index is -1.58. The lowest BCUT2D eigenvalue weighted by molar-refractivity contribution is -0.144. The molecule has 10 nitrogen and oxygen atoms in total.